The molecule has 3 N–H and O–H groups in total. The van der Waals surface area contributed by atoms with Crippen molar-refractivity contribution in [2.75, 3.05) is 0 Å². The molecule has 0 bridgehead atoms. The van der Waals surface area contributed by atoms with Crippen LogP contribution < -0.4 is 10.7 Å². The Morgan fingerprint density at radius 1 is 1.12 bits per heavy atom. The number of carbonyl (C=O) groups excluding carboxylic acids is 2. The van der Waals surface area contributed by atoms with Gasteiger partial charge in [-0.15, -0.1) is 0 Å². The first kappa shape index (κ1) is 18.2. The molecule has 2 saturated carbocycles. The zero-order valence-corrected chi connectivity index (χ0v) is 13.8. The molecular formula is C17H24N4O3. The molecule has 0 radical (unpaired) electrons. The molecule has 24 heavy (non-hydrogen) atoms. The van der Waals surface area contributed by atoms with E-state index in [4.69, 9.17) is 11.8 Å². The van der Waals surface area contributed by atoms with Gasteiger partial charge in [0.15, 0.2) is 6.19 Å². The Kier molecular flexibility index (Phi) is 5.80. The molecule has 0 saturated heterocycles. The SMILES string of the molecule is [C-]#[N+]NC(=O)C1(CCCC(O)CCCC2(C(=O)NC#N)CC2)CC1. The van der Waals surface area contributed by atoms with Crippen LogP contribution in [-0.2, 0) is 9.59 Å². The van der Waals surface area contributed by atoms with E-state index in [2.05, 4.69) is 15.7 Å². The first-order chi connectivity index (χ1) is 11.5. The molecule has 7 heteroatoms. The maximum Gasteiger partial charge on any atom is 0.294 e. The number of hydrogen-bond donors (Lipinski definition) is 3. The van der Waals surface area contributed by atoms with Gasteiger partial charge in [-0.3, -0.25) is 14.9 Å². The lowest BCUT2D eigenvalue weighted by atomic mass is 9.93. The minimum absolute atomic E-state index is 0.189. The molecule has 0 aromatic heterocycles. The van der Waals surface area contributed by atoms with Crippen LogP contribution in [0.15, 0.2) is 0 Å². The van der Waals surface area contributed by atoms with Gasteiger partial charge in [0.1, 0.15) is 0 Å². The predicted octanol–water partition coefficient (Wildman–Crippen LogP) is 1.80. The lowest BCUT2D eigenvalue weighted by Crippen LogP contribution is -2.28. The first-order valence-electron chi connectivity index (χ1n) is 8.53. The Labute approximate surface area is 142 Å². The van der Waals surface area contributed by atoms with Crippen LogP contribution in [0.5, 0.6) is 0 Å². The number of nitrogens with zero attached hydrogens (tertiary/aromatic N) is 2. The molecule has 1 unspecified atom stereocenters. The summed E-state index contributed by atoms with van der Waals surface area (Å²) in [6.45, 7) is 6.68. The fourth-order valence-corrected chi connectivity index (χ4v) is 3.33. The number of aliphatic hydroxyl groups excluding tert-OH is 1. The first-order valence-corrected chi connectivity index (χ1v) is 8.53. The highest BCUT2D eigenvalue weighted by atomic mass is 16.3. The quantitative estimate of drug-likeness (QED) is 0.245. The molecule has 130 valence electrons. The summed E-state index contributed by atoms with van der Waals surface area (Å²) in [4.78, 5) is 26.4. The standard InChI is InChI=1S/C17H24N4O3/c1-19-21-15(24)17(10-11-17)7-3-5-13(22)4-2-6-16(8-9-16)14(23)20-12-18/h13,22H,2-11H2,(H,20,23)(H,21,24). The third kappa shape index (κ3) is 4.46. The summed E-state index contributed by atoms with van der Waals surface area (Å²) in [7, 11) is 0. The van der Waals surface area contributed by atoms with Crippen LogP contribution >= 0.6 is 0 Å². The molecule has 1 atom stereocenters. The molecule has 2 amide bonds. The molecule has 2 rings (SSSR count). The molecular weight excluding hydrogens is 308 g/mol. The molecule has 2 aliphatic rings. The molecule has 0 aromatic rings. The molecule has 2 fully saturated rings. The fourth-order valence-electron chi connectivity index (χ4n) is 3.33. The van der Waals surface area contributed by atoms with Crippen molar-refractivity contribution in [1.82, 2.24) is 10.7 Å². The van der Waals surface area contributed by atoms with Crippen molar-refractivity contribution in [3.63, 3.8) is 0 Å². The van der Waals surface area contributed by atoms with Crippen molar-refractivity contribution in [1.29, 1.82) is 5.26 Å². The number of hydrogen-bond acceptors (Lipinski definition) is 4. The number of nitriles is 1. The van der Waals surface area contributed by atoms with Crippen LogP contribution in [0.3, 0.4) is 0 Å². The molecule has 0 aliphatic heterocycles. The summed E-state index contributed by atoms with van der Waals surface area (Å²) in [5, 5.41) is 20.8. The van der Waals surface area contributed by atoms with Gasteiger partial charge < -0.3 is 5.11 Å². The van der Waals surface area contributed by atoms with E-state index in [1.165, 1.54) is 0 Å². The Bertz CT molecular complexity index is 517. The highest BCUT2D eigenvalue weighted by Crippen LogP contribution is 2.51. The van der Waals surface area contributed by atoms with Gasteiger partial charge >= 0.3 is 0 Å². The van der Waals surface area contributed by atoms with Gasteiger partial charge in [0.05, 0.1) is 16.9 Å². The number of carbonyl (C=O) groups is 2. The van der Waals surface area contributed by atoms with Gasteiger partial charge in [-0.25, -0.2) is 0 Å². The number of amides is 2. The van der Waals surface area contributed by atoms with Gasteiger partial charge in [0.2, 0.25) is 5.91 Å². The maximum absolute atomic E-state index is 11.8. The van der Waals surface area contributed by atoms with Crippen molar-refractivity contribution >= 4 is 11.8 Å². The molecule has 0 heterocycles. The second-order valence-corrected chi connectivity index (χ2v) is 7.12. The van der Waals surface area contributed by atoms with Gasteiger partial charge in [-0.2, -0.15) is 16.8 Å². The summed E-state index contributed by atoms with van der Waals surface area (Å²) >= 11 is 0. The largest absolute Gasteiger partial charge is 0.393 e. The summed E-state index contributed by atoms with van der Waals surface area (Å²) < 4.78 is 0. The minimum Gasteiger partial charge on any atom is -0.393 e. The monoisotopic (exact) mass is 332 g/mol. The van der Waals surface area contributed by atoms with E-state index in [0.717, 1.165) is 38.5 Å². The second-order valence-electron chi connectivity index (χ2n) is 7.12. The molecule has 7 nitrogen and oxygen atoms in total. The Morgan fingerprint density at radius 2 is 1.62 bits per heavy atom. The average Bonchev–Trinajstić information content (AvgIpc) is 3.43. The average molecular weight is 332 g/mol. The van der Waals surface area contributed by atoms with Gasteiger partial charge in [-0.1, -0.05) is 5.43 Å². The van der Waals surface area contributed by atoms with Crippen LogP contribution in [-0.4, -0.2) is 23.0 Å². The van der Waals surface area contributed by atoms with Crippen molar-refractivity contribution in [3.8, 4) is 6.19 Å². The summed E-state index contributed by atoms with van der Waals surface area (Å²) in [5.41, 5.74) is 1.43. The highest BCUT2D eigenvalue weighted by molar-refractivity contribution is 5.86. The third-order valence-electron chi connectivity index (χ3n) is 5.38. The highest BCUT2D eigenvalue weighted by Gasteiger charge is 2.50. The van der Waals surface area contributed by atoms with Crippen molar-refractivity contribution in [2.45, 2.75) is 70.3 Å². The number of nitrogens with one attached hydrogen (secondary N) is 2. The van der Waals surface area contributed by atoms with Gasteiger partial charge in [0.25, 0.3) is 5.91 Å². The normalized spacial score (nSPS) is 20.1. The summed E-state index contributed by atoms with van der Waals surface area (Å²) in [5.74, 6) is -0.382. The van der Waals surface area contributed by atoms with Crippen LogP contribution in [0.25, 0.3) is 4.95 Å². The van der Waals surface area contributed by atoms with E-state index in [9.17, 15) is 14.7 Å². The lowest BCUT2D eigenvalue weighted by Gasteiger charge is -2.15. The van der Waals surface area contributed by atoms with Crippen LogP contribution in [0.4, 0.5) is 0 Å². The molecule has 2 aliphatic carbocycles. The van der Waals surface area contributed by atoms with E-state index >= 15 is 0 Å². The number of aliphatic hydroxyl groups is 1. The topological polar surface area (TPSA) is 107 Å². The number of rotatable bonds is 10. The van der Waals surface area contributed by atoms with Gasteiger partial charge in [-0.05, 0) is 64.2 Å². The van der Waals surface area contributed by atoms with E-state index in [-0.39, 0.29) is 22.6 Å². The Hall–Kier alpha value is -2.12. The lowest BCUT2D eigenvalue weighted by molar-refractivity contribution is -0.126. The minimum atomic E-state index is -0.431. The second kappa shape index (κ2) is 7.63. The van der Waals surface area contributed by atoms with E-state index in [1.807, 2.05) is 0 Å². The fraction of sp³-hybridized carbons (Fsp3) is 0.765. The van der Waals surface area contributed by atoms with Gasteiger partial charge in [0, 0.05) is 0 Å². The predicted molar refractivity (Wildman–Crippen MR) is 85.5 cm³/mol. The van der Waals surface area contributed by atoms with Crippen molar-refractivity contribution in [2.24, 2.45) is 10.8 Å². The van der Waals surface area contributed by atoms with Crippen molar-refractivity contribution in [3.05, 3.63) is 11.5 Å². The summed E-state index contributed by atoms with van der Waals surface area (Å²) in [6.07, 6.45) is 8.70. The van der Waals surface area contributed by atoms with Crippen LogP contribution in [0.1, 0.15) is 64.2 Å². The Balaban J connectivity index is 1.60. The van der Waals surface area contributed by atoms with Crippen molar-refractivity contribution < 1.29 is 14.7 Å². The van der Waals surface area contributed by atoms with E-state index in [0.29, 0.717) is 25.7 Å². The molecule has 0 spiro atoms. The molecule has 0 aromatic carbocycles. The maximum atomic E-state index is 11.8. The summed E-state index contributed by atoms with van der Waals surface area (Å²) in [6, 6.07) is 0. The Morgan fingerprint density at radius 3 is 2.04 bits per heavy atom. The smallest absolute Gasteiger partial charge is 0.294 e. The van der Waals surface area contributed by atoms with Crippen LogP contribution in [0.2, 0.25) is 0 Å². The third-order valence-corrected chi connectivity index (χ3v) is 5.38. The zero-order valence-electron chi connectivity index (χ0n) is 13.8. The van der Waals surface area contributed by atoms with E-state index < -0.39 is 6.10 Å². The zero-order chi connectivity index (χ0) is 17.6. The van der Waals surface area contributed by atoms with E-state index in [1.54, 1.807) is 6.19 Å². The van der Waals surface area contributed by atoms with Crippen LogP contribution in [0, 0.1) is 28.9 Å².